The highest BCUT2D eigenvalue weighted by Crippen LogP contribution is 2.18. The first kappa shape index (κ1) is 11.6. The molecule has 1 N–H and O–H groups in total. The molecule has 0 saturated heterocycles. The largest absolute Gasteiger partial charge is 0.478 e. The van der Waals surface area contributed by atoms with Crippen LogP contribution in [0.4, 0.5) is 0 Å². The minimum absolute atomic E-state index is 0.301. The van der Waals surface area contributed by atoms with E-state index < -0.39 is 5.97 Å². The lowest BCUT2D eigenvalue weighted by Crippen LogP contribution is -1.95. The number of hydrogen-bond acceptors (Lipinski definition) is 4. The summed E-state index contributed by atoms with van der Waals surface area (Å²) in [7, 11) is 0. The Morgan fingerprint density at radius 3 is 2.41 bits per heavy atom. The average molecular weight is 246 g/mol. The molecule has 0 atom stereocenters. The number of carboxylic acids is 1. The van der Waals surface area contributed by atoms with Gasteiger partial charge in [-0.25, -0.2) is 14.8 Å². The van der Waals surface area contributed by atoms with Crippen molar-refractivity contribution in [3.05, 3.63) is 53.9 Å². The molecule has 5 heteroatoms. The van der Waals surface area contributed by atoms with E-state index in [0.29, 0.717) is 5.56 Å². The maximum absolute atomic E-state index is 10.7. The topological polar surface area (TPSA) is 63.1 Å². The number of aromatic carboxylic acids is 1. The van der Waals surface area contributed by atoms with E-state index in [-0.39, 0.29) is 0 Å². The molecule has 1 heterocycles. The molecule has 0 unspecified atom stereocenters. The minimum atomic E-state index is -0.907. The van der Waals surface area contributed by atoms with Crippen LogP contribution in [0.25, 0.3) is 0 Å². The van der Waals surface area contributed by atoms with E-state index in [1.165, 1.54) is 11.8 Å². The molecule has 2 aromatic rings. The minimum Gasteiger partial charge on any atom is -0.478 e. The van der Waals surface area contributed by atoms with Crippen molar-refractivity contribution in [1.29, 1.82) is 0 Å². The Hall–Kier alpha value is -1.88. The lowest BCUT2D eigenvalue weighted by molar-refractivity contribution is 0.0697. The summed E-state index contributed by atoms with van der Waals surface area (Å²) < 4.78 is 0. The summed E-state index contributed by atoms with van der Waals surface area (Å²) >= 11 is 1.52. The summed E-state index contributed by atoms with van der Waals surface area (Å²) in [5, 5.41) is 9.48. The highest BCUT2D eigenvalue weighted by atomic mass is 32.2. The Balaban J connectivity index is 1.98. The molecule has 1 aromatic carbocycles. The van der Waals surface area contributed by atoms with E-state index in [1.54, 1.807) is 42.7 Å². The molecule has 0 bridgehead atoms. The summed E-state index contributed by atoms with van der Waals surface area (Å²) in [6.45, 7) is 0. The SMILES string of the molecule is O=C(O)c1ccc(CSc2ncccn2)cc1. The monoisotopic (exact) mass is 246 g/mol. The maximum Gasteiger partial charge on any atom is 0.335 e. The van der Waals surface area contributed by atoms with Crippen LogP contribution in [0.15, 0.2) is 47.9 Å². The highest BCUT2D eigenvalue weighted by Gasteiger charge is 2.02. The number of carboxylic acid groups (broad SMARTS) is 1. The van der Waals surface area contributed by atoms with Crippen LogP contribution in [0.2, 0.25) is 0 Å². The smallest absolute Gasteiger partial charge is 0.335 e. The van der Waals surface area contributed by atoms with Crippen molar-refractivity contribution < 1.29 is 9.90 Å². The van der Waals surface area contributed by atoms with Crippen molar-refractivity contribution in [3.8, 4) is 0 Å². The van der Waals surface area contributed by atoms with E-state index in [9.17, 15) is 4.79 Å². The van der Waals surface area contributed by atoms with Gasteiger partial charge >= 0.3 is 5.97 Å². The summed E-state index contributed by atoms with van der Waals surface area (Å²) in [6, 6.07) is 8.58. The first-order valence-electron chi connectivity index (χ1n) is 4.98. The highest BCUT2D eigenvalue weighted by molar-refractivity contribution is 7.98. The van der Waals surface area contributed by atoms with Gasteiger partial charge in [-0.3, -0.25) is 0 Å². The standard InChI is InChI=1S/C12H10N2O2S/c15-11(16)10-4-2-9(3-5-10)8-17-12-13-6-1-7-14-12/h1-7H,8H2,(H,15,16). The number of hydrogen-bond donors (Lipinski definition) is 1. The van der Waals surface area contributed by atoms with Crippen LogP contribution in [-0.2, 0) is 5.75 Å². The van der Waals surface area contributed by atoms with E-state index in [0.717, 1.165) is 16.5 Å². The molecule has 4 nitrogen and oxygen atoms in total. The van der Waals surface area contributed by atoms with Crippen LogP contribution in [-0.4, -0.2) is 21.0 Å². The Morgan fingerprint density at radius 2 is 1.82 bits per heavy atom. The molecule has 0 aliphatic rings. The predicted octanol–water partition coefficient (Wildman–Crippen LogP) is 2.47. The maximum atomic E-state index is 10.7. The third-order valence-corrected chi connectivity index (χ3v) is 3.06. The van der Waals surface area contributed by atoms with Crippen LogP contribution in [0.3, 0.4) is 0 Å². The van der Waals surface area contributed by atoms with Gasteiger partial charge < -0.3 is 5.11 Å². The molecule has 0 saturated carbocycles. The fraction of sp³-hybridized carbons (Fsp3) is 0.0833. The van der Waals surface area contributed by atoms with Crippen molar-refractivity contribution in [2.24, 2.45) is 0 Å². The summed E-state index contributed by atoms with van der Waals surface area (Å²) in [5.74, 6) is -0.181. The molecular weight excluding hydrogens is 236 g/mol. The fourth-order valence-electron chi connectivity index (χ4n) is 1.25. The Bertz CT molecular complexity index is 500. The fourth-order valence-corrected chi connectivity index (χ4v) is 2.01. The molecular formula is C12H10N2O2S. The number of nitrogens with zero attached hydrogens (tertiary/aromatic N) is 2. The molecule has 17 heavy (non-hydrogen) atoms. The number of rotatable bonds is 4. The van der Waals surface area contributed by atoms with Gasteiger partial charge in [0.25, 0.3) is 0 Å². The molecule has 86 valence electrons. The van der Waals surface area contributed by atoms with E-state index in [4.69, 9.17) is 5.11 Å². The Labute approximate surface area is 103 Å². The second kappa shape index (κ2) is 5.45. The molecule has 0 spiro atoms. The first-order valence-corrected chi connectivity index (χ1v) is 5.96. The third-order valence-electron chi connectivity index (χ3n) is 2.11. The van der Waals surface area contributed by atoms with Crippen LogP contribution >= 0.6 is 11.8 Å². The first-order chi connectivity index (χ1) is 8.25. The zero-order valence-electron chi connectivity index (χ0n) is 8.91. The normalized spacial score (nSPS) is 10.1. The molecule has 0 aliphatic carbocycles. The lowest BCUT2D eigenvalue weighted by Gasteiger charge is -2.01. The van der Waals surface area contributed by atoms with Crippen molar-refractivity contribution in [3.63, 3.8) is 0 Å². The number of benzene rings is 1. The zero-order valence-corrected chi connectivity index (χ0v) is 9.72. The van der Waals surface area contributed by atoms with Gasteiger partial charge in [0.15, 0.2) is 5.16 Å². The van der Waals surface area contributed by atoms with Crippen molar-refractivity contribution >= 4 is 17.7 Å². The van der Waals surface area contributed by atoms with E-state index in [1.807, 2.05) is 0 Å². The van der Waals surface area contributed by atoms with E-state index >= 15 is 0 Å². The summed E-state index contributed by atoms with van der Waals surface area (Å²) in [6.07, 6.45) is 3.39. The Kier molecular flexibility index (Phi) is 3.72. The second-order valence-electron chi connectivity index (χ2n) is 3.32. The van der Waals surface area contributed by atoms with Crippen LogP contribution in [0.1, 0.15) is 15.9 Å². The Morgan fingerprint density at radius 1 is 1.18 bits per heavy atom. The molecule has 0 radical (unpaired) electrons. The van der Waals surface area contributed by atoms with Gasteiger partial charge in [0.2, 0.25) is 0 Å². The molecule has 0 aliphatic heterocycles. The number of thioether (sulfide) groups is 1. The quantitative estimate of drug-likeness (QED) is 0.663. The number of aromatic nitrogens is 2. The van der Waals surface area contributed by atoms with Gasteiger partial charge in [-0.05, 0) is 23.8 Å². The summed E-state index contributed by atoms with van der Waals surface area (Å²) in [5.41, 5.74) is 1.35. The summed E-state index contributed by atoms with van der Waals surface area (Å²) in [4.78, 5) is 18.9. The number of carbonyl (C=O) groups is 1. The molecule has 0 fully saturated rings. The van der Waals surface area contributed by atoms with Gasteiger partial charge in [0, 0.05) is 18.1 Å². The second-order valence-corrected chi connectivity index (χ2v) is 4.26. The molecule has 0 amide bonds. The van der Waals surface area contributed by atoms with Crippen molar-refractivity contribution in [2.45, 2.75) is 10.9 Å². The van der Waals surface area contributed by atoms with Crippen LogP contribution < -0.4 is 0 Å². The van der Waals surface area contributed by atoms with Crippen molar-refractivity contribution in [1.82, 2.24) is 9.97 Å². The zero-order chi connectivity index (χ0) is 12.1. The van der Waals surface area contributed by atoms with Gasteiger partial charge in [-0.15, -0.1) is 0 Å². The van der Waals surface area contributed by atoms with Gasteiger partial charge in [0.1, 0.15) is 0 Å². The third kappa shape index (κ3) is 3.29. The lowest BCUT2D eigenvalue weighted by atomic mass is 10.1. The van der Waals surface area contributed by atoms with E-state index in [2.05, 4.69) is 9.97 Å². The predicted molar refractivity (Wildman–Crippen MR) is 65.0 cm³/mol. The van der Waals surface area contributed by atoms with Crippen molar-refractivity contribution in [2.75, 3.05) is 0 Å². The average Bonchev–Trinajstić information content (AvgIpc) is 2.38. The molecule has 2 rings (SSSR count). The van der Waals surface area contributed by atoms with Crippen LogP contribution in [0.5, 0.6) is 0 Å². The van der Waals surface area contributed by atoms with Gasteiger partial charge in [-0.2, -0.15) is 0 Å². The van der Waals surface area contributed by atoms with Gasteiger partial charge in [0.05, 0.1) is 5.56 Å². The van der Waals surface area contributed by atoms with Crippen LogP contribution in [0, 0.1) is 0 Å². The van der Waals surface area contributed by atoms with Gasteiger partial charge in [-0.1, -0.05) is 23.9 Å². The molecule has 1 aromatic heterocycles.